The SMILES string of the molecule is CCOC(=O)COc1c(Br)cc(C=NN2C(=O)[C@@H]3[C@H](C2=O)[C@H]2C=C[C@H]3C2)cc1[N+](=O)[O-]. The van der Waals surface area contributed by atoms with E-state index >= 15 is 0 Å². The molecule has 2 fully saturated rings. The predicted molar refractivity (Wildman–Crippen MR) is 110 cm³/mol. The predicted octanol–water partition coefficient (Wildman–Crippen LogP) is 2.44. The van der Waals surface area contributed by atoms with Gasteiger partial charge in [0, 0.05) is 11.6 Å². The number of carbonyl (C=O) groups is 3. The van der Waals surface area contributed by atoms with Crippen molar-refractivity contribution < 1.29 is 28.8 Å². The fourth-order valence-electron chi connectivity index (χ4n) is 4.41. The van der Waals surface area contributed by atoms with Crippen LogP contribution in [0.25, 0.3) is 0 Å². The van der Waals surface area contributed by atoms with E-state index in [1.165, 1.54) is 18.3 Å². The minimum Gasteiger partial charge on any atom is -0.474 e. The zero-order valence-electron chi connectivity index (χ0n) is 16.4. The summed E-state index contributed by atoms with van der Waals surface area (Å²) in [4.78, 5) is 47.7. The standard InChI is InChI=1S/C20H18BrN3O7/c1-2-30-15(25)9-31-18-13(21)5-10(6-14(18)24(28)29)8-22-23-19(26)16-11-3-4-12(7-11)17(16)20(23)27/h3-6,8,11-12,16-17H,2,7,9H2,1H3/t11-,12-,16-,17+/m0/s1. The van der Waals surface area contributed by atoms with Gasteiger partial charge in [-0.05, 0) is 47.2 Å². The zero-order valence-corrected chi connectivity index (χ0v) is 18.0. The summed E-state index contributed by atoms with van der Waals surface area (Å²) in [6, 6.07) is 2.67. The summed E-state index contributed by atoms with van der Waals surface area (Å²) >= 11 is 3.20. The molecule has 1 aliphatic heterocycles. The second kappa shape index (κ2) is 8.22. The van der Waals surface area contributed by atoms with E-state index in [9.17, 15) is 24.5 Å². The van der Waals surface area contributed by atoms with Crippen LogP contribution in [-0.4, -0.2) is 47.1 Å². The largest absolute Gasteiger partial charge is 0.474 e. The molecule has 2 aliphatic carbocycles. The van der Waals surface area contributed by atoms with Gasteiger partial charge in [0.25, 0.3) is 11.8 Å². The van der Waals surface area contributed by atoms with E-state index in [-0.39, 0.29) is 57.9 Å². The summed E-state index contributed by atoms with van der Waals surface area (Å²) in [6.07, 6.45) is 6.01. The van der Waals surface area contributed by atoms with Gasteiger partial charge in [-0.15, -0.1) is 0 Å². The lowest BCUT2D eigenvalue weighted by Gasteiger charge is -2.13. The van der Waals surface area contributed by atoms with Gasteiger partial charge in [0.2, 0.25) is 5.75 Å². The maximum Gasteiger partial charge on any atom is 0.344 e. The Morgan fingerprint density at radius 2 is 1.94 bits per heavy atom. The summed E-state index contributed by atoms with van der Waals surface area (Å²) in [5.41, 5.74) is -0.126. The van der Waals surface area contributed by atoms with Crippen molar-refractivity contribution in [2.45, 2.75) is 13.3 Å². The van der Waals surface area contributed by atoms with Gasteiger partial charge >= 0.3 is 11.7 Å². The van der Waals surface area contributed by atoms with Crippen LogP contribution in [0.2, 0.25) is 0 Å². The molecule has 1 aromatic rings. The molecule has 1 saturated carbocycles. The number of amides is 2. The Bertz CT molecular complexity index is 1010. The number of nitrogens with zero attached hydrogens (tertiary/aromatic N) is 3. The van der Waals surface area contributed by atoms with Gasteiger partial charge in [0.1, 0.15) is 0 Å². The summed E-state index contributed by atoms with van der Waals surface area (Å²) in [6.45, 7) is 1.31. The molecule has 3 aliphatic rings. The molecule has 10 nitrogen and oxygen atoms in total. The first-order valence-electron chi connectivity index (χ1n) is 9.68. The van der Waals surface area contributed by atoms with E-state index in [1.54, 1.807) is 6.92 Å². The topological polar surface area (TPSA) is 128 Å². The Balaban J connectivity index is 1.54. The van der Waals surface area contributed by atoms with E-state index in [1.807, 2.05) is 12.2 Å². The number of ether oxygens (including phenoxy) is 2. The Kier molecular flexibility index (Phi) is 5.61. The van der Waals surface area contributed by atoms with Gasteiger partial charge in [-0.25, -0.2) is 4.79 Å². The average molecular weight is 492 g/mol. The third kappa shape index (κ3) is 3.73. The molecule has 2 bridgehead atoms. The molecule has 0 spiro atoms. The van der Waals surface area contributed by atoms with Gasteiger partial charge < -0.3 is 9.47 Å². The number of hydrogen-bond acceptors (Lipinski definition) is 8. The summed E-state index contributed by atoms with van der Waals surface area (Å²) in [5, 5.41) is 16.4. The van der Waals surface area contributed by atoms with Crippen LogP contribution in [0, 0.1) is 33.8 Å². The maximum atomic E-state index is 12.7. The molecule has 4 atom stereocenters. The molecule has 11 heteroatoms. The van der Waals surface area contributed by atoms with Crippen LogP contribution in [0.15, 0.2) is 33.9 Å². The van der Waals surface area contributed by atoms with Crippen molar-refractivity contribution in [1.29, 1.82) is 0 Å². The molecule has 1 saturated heterocycles. The van der Waals surface area contributed by atoms with Crippen LogP contribution >= 0.6 is 15.9 Å². The van der Waals surface area contributed by atoms with Gasteiger partial charge in [-0.2, -0.15) is 10.1 Å². The van der Waals surface area contributed by atoms with Crippen molar-refractivity contribution in [3.8, 4) is 5.75 Å². The molecule has 1 heterocycles. The minimum absolute atomic E-state index is 0.0673. The molecule has 162 valence electrons. The lowest BCUT2D eigenvalue weighted by molar-refractivity contribution is -0.385. The molecule has 0 N–H and O–H groups in total. The first-order chi connectivity index (χ1) is 14.8. The van der Waals surface area contributed by atoms with Crippen LogP contribution < -0.4 is 4.74 Å². The highest BCUT2D eigenvalue weighted by atomic mass is 79.9. The smallest absolute Gasteiger partial charge is 0.344 e. The van der Waals surface area contributed by atoms with Gasteiger partial charge in [0.05, 0.1) is 34.1 Å². The van der Waals surface area contributed by atoms with Gasteiger partial charge in [-0.1, -0.05) is 12.2 Å². The van der Waals surface area contributed by atoms with Crippen molar-refractivity contribution in [3.63, 3.8) is 0 Å². The number of imide groups is 1. The first-order valence-corrected chi connectivity index (χ1v) is 10.5. The summed E-state index contributed by atoms with van der Waals surface area (Å²) in [5.74, 6) is -2.10. The zero-order chi connectivity index (χ0) is 22.3. The number of esters is 1. The quantitative estimate of drug-likeness (QED) is 0.143. The number of rotatable bonds is 7. The fourth-order valence-corrected chi connectivity index (χ4v) is 4.99. The van der Waals surface area contributed by atoms with E-state index in [0.29, 0.717) is 0 Å². The summed E-state index contributed by atoms with van der Waals surface area (Å²) < 4.78 is 10.2. The van der Waals surface area contributed by atoms with Crippen LogP contribution in [0.5, 0.6) is 5.75 Å². The average Bonchev–Trinajstić information content (AvgIpc) is 3.40. The molecule has 0 unspecified atom stereocenters. The fraction of sp³-hybridized carbons (Fsp3) is 0.400. The van der Waals surface area contributed by atoms with Gasteiger partial charge in [-0.3, -0.25) is 19.7 Å². The molecular weight excluding hydrogens is 474 g/mol. The molecule has 31 heavy (non-hydrogen) atoms. The third-order valence-electron chi connectivity index (χ3n) is 5.65. The Morgan fingerprint density at radius 3 is 2.52 bits per heavy atom. The number of benzene rings is 1. The Hall–Kier alpha value is -3.08. The van der Waals surface area contributed by atoms with Crippen molar-refractivity contribution in [2.24, 2.45) is 28.8 Å². The first kappa shape index (κ1) is 21.2. The number of nitro benzene ring substituents is 1. The van der Waals surface area contributed by atoms with Crippen LogP contribution in [0.4, 0.5) is 5.69 Å². The minimum atomic E-state index is -0.664. The van der Waals surface area contributed by atoms with E-state index in [4.69, 9.17) is 9.47 Å². The van der Waals surface area contributed by atoms with Crippen molar-refractivity contribution in [3.05, 3.63) is 44.4 Å². The number of hydrazone groups is 1. The van der Waals surface area contributed by atoms with Crippen molar-refractivity contribution >= 4 is 45.6 Å². The number of allylic oxidation sites excluding steroid dienone is 2. The lowest BCUT2D eigenvalue weighted by atomic mass is 9.85. The highest BCUT2D eigenvalue weighted by Crippen LogP contribution is 2.52. The highest BCUT2D eigenvalue weighted by molar-refractivity contribution is 9.10. The van der Waals surface area contributed by atoms with E-state index in [0.717, 1.165) is 11.4 Å². The highest BCUT2D eigenvalue weighted by Gasteiger charge is 2.59. The Morgan fingerprint density at radius 1 is 1.29 bits per heavy atom. The van der Waals surface area contributed by atoms with Crippen LogP contribution in [-0.2, 0) is 19.1 Å². The normalized spacial score (nSPS) is 26.1. The maximum absolute atomic E-state index is 12.7. The van der Waals surface area contributed by atoms with Crippen molar-refractivity contribution in [1.82, 2.24) is 5.01 Å². The number of carbonyl (C=O) groups excluding carboxylic acids is 3. The number of hydrogen-bond donors (Lipinski definition) is 0. The van der Waals surface area contributed by atoms with E-state index in [2.05, 4.69) is 21.0 Å². The van der Waals surface area contributed by atoms with Crippen LogP contribution in [0.1, 0.15) is 18.9 Å². The molecule has 1 aromatic carbocycles. The molecule has 4 rings (SSSR count). The second-order valence-electron chi connectivity index (χ2n) is 7.43. The molecule has 0 radical (unpaired) electrons. The third-order valence-corrected chi connectivity index (χ3v) is 6.24. The van der Waals surface area contributed by atoms with Gasteiger partial charge in [0.15, 0.2) is 6.61 Å². The number of halogens is 1. The second-order valence-corrected chi connectivity index (χ2v) is 8.29. The summed E-state index contributed by atoms with van der Waals surface area (Å²) in [7, 11) is 0. The lowest BCUT2D eigenvalue weighted by Crippen LogP contribution is -2.28. The number of fused-ring (bicyclic) bond motifs is 5. The molecule has 0 aromatic heterocycles. The number of nitro groups is 1. The van der Waals surface area contributed by atoms with Crippen LogP contribution in [0.3, 0.4) is 0 Å². The molecule has 2 amide bonds. The van der Waals surface area contributed by atoms with E-state index < -0.39 is 23.2 Å². The van der Waals surface area contributed by atoms with Crippen molar-refractivity contribution in [2.75, 3.05) is 13.2 Å². The molecular formula is C20H18BrN3O7. The monoisotopic (exact) mass is 491 g/mol. The Labute approximate surface area is 185 Å².